The fourth-order valence-electron chi connectivity index (χ4n) is 3.70. The van der Waals surface area contributed by atoms with Crippen molar-refractivity contribution in [2.75, 3.05) is 16.8 Å². The van der Waals surface area contributed by atoms with Crippen molar-refractivity contribution < 1.29 is 19.1 Å². The normalized spacial score (nSPS) is 13.4. The van der Waals surface area contributed by atoms with Gasteiger partial charge in [-0.25, -0.2) is 9.69 Å². The molecule has 0 aliphatic carbocycles. The zero-order valence-corrected chi connectivity index (χ0v) is 21.6. The van der Waals surface area contributed by atoms with E-state index in [4.69, 9.17) is 4.74 Å². The zero-order valence-electron chi connectivity index (χ0n) is 20.8. The van der Waals surface area contributed by atoms with Crippen LogP contribution >= 0.6 is 11.8 Å². The van der Waals surface area contributed by atoms with Gasteiger partial charge in [-0.15, -0.1) is 0 Å². The summed E-state index contributed by atoms with van der Waals surface area (Å²) in [5.74, 6) is -1.30. The molecule has 0 radical (unpaired) electrons. The summed E-state index contributed by atoms with van der Waals surface area (Å²) in [6.07, 6.45) is 0.726. The van der Waals surface area contributed by atoms with E-state index in [0.29, 0.717) is 22.8 Å². The molecule has 3 aromatic rings. The van der Waals surface area contributed by atoms with Crippen molar-refractivity contribution in [1.29, 1.82) is 0 Å². The zero-order chi connectivity index (χ0) is 25.8. The minimum Gasteiger partial charge on any atom is -0.462 e. The van der Waals surface area contributed by atoms with Gasteiger partial charge in [0, 0.05) is 10.6 Å². The summed E-state index contributed by atoms with van der Waals surface area (Å²) in [7, 11) is 0. The van der Waals surface area contributed by atoms with Gasteiger partial charge >= 0.3 is 5.97 Å². The third-order valence-electron chi connectivity index (χ3n) is 5.73. The highest BCUT2D eigenvalue weighted by Crippen LogP contribution is 2.38. The maximum Gasteiger partial charge on any atom is 0.338 e. The van der Waals surface area contributed by atoms with E-state index in [1.165, 1.54) is 11.8 Å². The van der Waals surface area contributed by atoms with E-state index < -0.39 is 17.8 Å². The molecule has 36 heavy (non-hydrogen) atoms. The van der Waals surface area contributed by atoms with Gasteiger partial charge in [-0.2, -0.15) is 0 Å². The molecule has 1 heterocycles. The lowest BCUT2D eigenvalue weighted by molar-refractivity contribution is -0.120. The van der Waals surface area contributed by atoms with Crippen molar-refractivity contribution in [3.05, 3.63) is 99.6 Å². The second kappa shape index (κ2) is 10.8. The maximum absolute atomic E-state index is 13.6. The number of amides is 2. The molecule has 184 valence electrons. The highest BCUT2D eigenvalue weighted by Gasteiger charge is 2.40. The Hall–Kier alpha value is -3.84. The lowest BCUT2D eigenvalue weighted by Gasteiger charge is -2.16. The predicted octanol–water partition coefficient (Wildman–Crippen LogP) is 6.17. The second-order valence-electron chi connectivity index (χ2n) is 8.69. The Morgan fingerprint density at radius 1 is 0.889 bits per heavy atom. The maximum atomic E-state index is 13.6. The number of nitrogens with zero attached hydrogens (tertiary/aromatic N) is 1. The van der Waals surface area contributed by atoms with Crippen molar-refractivity contribution in [2.45, 2.75) is 39.0 Å². The Labute approximate surface area is 215 Å². The van der Waals surface area contributed by atoms with Crippen LogP contribution in [0.1, 0.15) is 40.4 Å². The molecule has 1 N–H and O–H groups in total. The number of carbonyl (C=O) groups excluding carboxylic acids is 3. The van der Waals surface area contributed by atoms with Crippen LogP contribution in [-0.2, 0) is 14.3 Å². The van der Waals surface area contributed by atoms with E-state index in [2.05, 4.69) is 5.32 Å². The fraction of sp³-hybridized carbons (Fsp3) is 0.207. The molecule has 2 amide bonds. The summed E-state index contributed by atoms with van der Waals surface area (Å²) < 4.78 is 5.17. The molecule has 0 aromatic heterocycles. The van der Waals surface area contributed by atoms with E-state index >= 15 is 0 Å². The number of hydrogen-bond donors (Lipinski definition) is 1. The molecule has 0 unspecified atom stereocenters. The first-order valence-corrected chi connectivity index (χ1v) is 12.6. The number of hydrogen-bond acceptors (Lipinski definition) is 6. The molecule has 1 aliphatic rings. The van der Waals surface area contributed by atoms with E-state index in [9.17, 15) is 14.4 Å². The Kier molecular flexibility index (Phi) is 7.60. The molecule has 0 spiro atoms. The molecule has 0 bridgehead atoms. The van der Waals surface area contributed by atoms with Crippen LogP contribution in [0.3, 0.4) is 0 Å². The third-order valence-corrected chi connectivity index (χ3v) is 6.82. The average Bonchev–Trinajstić information content (AvgIpc) is 3.10. The Morgan fingerprint density at radius 3 is 2.22 bits per heavy atom. The van der Waals surface area contributed by atoms with Crippen molar-refractivity contribution in [3.8, 4) is 0 Å². The van der Waals surface area contributed by atoms with E-state index in [-0.39, 0.29) is 5.70 Å². The smallest absolute Gasteiger partial charge is 0.338 e. The summed E-state index contributed by atoms with van der Waals surface area (Å²) in [4.78, 5) is 41.7. The Bertz CT molecular complexity index is 1340. The molecular weight excluding hydrogens is 472 g/mol. The van der Waals surface area contributed by atoms with Crippen molar-refractivity contribution >= 4 is 40.9 Å². The molecule has 7 heteroatoms. The highest BCUT2D eigenvalue weighted by atomic mass is 32.2. The topological polar surface area (TPSA) is 75.7 Å². The van der Waals surface area contributed by atoms with Gasteiger partial charge in [-0.1, -0.05) is 48.5 Å². The van der Waals surface area contributed by atoms with Gasteiger partial charge in [0.15, 0.2) is 0 Å². The Balaban J connectivity index is 1.68. The number of benzene rings is 3. The lowest BCUT2D eigenvalue weighted by atomic mass is 10.1. The quantitative estimate of drug-likeness (QED) is 0.295. The summed E-state index contributed by atoms with van der Waals surface area (Å²) in [5, 5.41) is 3.24. The second-order valence-corrected chi connectivity index (χ2v) is 9.77. The van der Waals surface area contributed by atoms with E-state index in [1.54, 1.807) is 24.3 Å². The molecule has 0 saturated carbocycles. The SMILES string of the molecule is CCCOC(=O)c1ccc(N2C(=O)C(Nc3cc(C)ccc3C)=C(Sc3ccc(C)cc3)C2=O)cc1. The number of aryl methyl sites for hydroxylation is 3. The number of anilines is 2. The molecule has 1 aliphatic heterocycles. The minimum absolute atomic E-state index is 0.228. The van der Waals surface area contributed by atoms with Gasteiger partial charge in [-0.3, -0.25) is 9.59 Å². The monoisotopic (exact) mass is 500 g/mol. The largest absolute Gasteiger partial charge is 0.462 e. The number of esters is 1. The summed E-state index contributed by atoms with van der Waals surface area (Å²) in [5.41, 5.74) is 4.85. The van der Waals surface area contributed by atoms with Crippen molar-refractivity contribution in [3.63, 3.8) is 0 Å². The van der Waals surface area contributed by atoms with Crippen LogP contribution in [0.4, 0.5) is 11.4 Å². The van der Waals surface area contributed by atoms with Crippen LogP contribution in [0.2, 0.25) is 0 Å². The molecule has 0 saturated heterocycles. The number of imide groups is 1. The number of ether oxygens (including phenoxy) is 1. The van der Waals surface area contributed by atoms with Gasteiger partial charge in [0.25, 0.3) is 11.8 Å². The summed E-state index contributed by atoms with van der Waals surface area (Å²) >= 11 is 1.26. The predicted molar refractivity (Wildman–Crippen MR) is 143 cm³/mol. The number of rotatable bonds is 8. The first kappa shape index (κ1) is 25.3. The summed E-state index contributed by atoms with van der Waals surface area (Å²) in [6.45, 7) is 8.17. The van der Waals surface area contributed by atoms with Crippen LogP contribution in [0.5, 0.6) is 0 Å². The molecule has 6 nitrogen and oxygen atoms in total. The first-order chi connectivity index (χ1) is 17.3. The number of nitrogens with one attached hydrogen (secondary N) is 1. The fourth-order valence-corrected chi connectivity index (χ4v) is 4.63. The van der Waals surface area contributed by atoms with E-state index in [1.807, 2.05) is 70.2 Å². The van der Waals surface area contributed by atoms with Gasteiger partial charge in [0.05, 0.1) is 17.9 Å². The van der Waals surface area contributed by atoms with Gasteiger partial charge in [0.2, 0.25) is 0 Å². The number of carbonyl (C=O) groups is 3. The van der Waals surface area contributed by atoms with Crippen LogP contribution < -0.4 is 10.2 Å². The molecule has 3 aromatic carbocycles. The molecule has 0 atom stereocenters. The molecule has 0 fully saturated rings. The highest BCUT2D eigenvalue weighted by molar-refractivity contribution is 8.04. The van der Waals surface area contributed by atoms with Gasteiger partial charge < -0.3 is 10.1 Å². The minimum atomic E-state index is -0.447. The van der Waals surface area contributed by atoms with Crippen molar-refractivity contribution in [2.24, 2.45) is 0 Å². The molecule has 4 rings (SSSR count). The van der Waals surface area contributed by atoms with E-state index in [0.717, 1.165) is 38.6 Å². The van der Waals surface area contributed by atoms with Gasteiger partial charge in [0.1, 0.15) is 10.6 Å². The van der Waals surface area contributed by atoms with Crippen molar-refractivity contribution in [1.82, 2.24) is 0 Å². The van der Waals surface area contributed by atoms with Crippen LogP contribution in [0.15, 0.2) is 82.2 Å². The third kappa shape index (κ3) is 5.36. The molecular formula is C29H28N2O4S. The first-order valence-electron chi connectivity index (χ1n) is 11.8. The standard InChI is InChI=1S/C29H28N2O4S/c1-5-16-35-29(34)21-10-12-22(13-11-21)31-27(32)25(30-24-17-19(3)6-9-20(24)4)26(28(31)33)36-23-14-7-18(2)8-15-23/h6-15,17,30H,5,16H2,1-4H3. The lowest BCUT2D eigenvalue weighted by Crippen LogP contribution is -2.32. The average molecular weight is 501 g/mol. The Morgan fingerprint density at radius 2 is 1.56 bits per heavy atom. The van der Waals surface area contributed by atoms with Crippen LogP contribution in [0, 0.1) is 20.8 Å². The number of thioether (sulfide) groups is 1. The van der Waals surface area contributed by atoms with Gasteiger partial charge in [-0.05, 0) is 80.8 Å². The summed E-state index contributed by atoms with van der Waals surface area (Å²) in [6, 6.07) is 20.0. The van der Waals surface area contributed by atoms with Crippen LogP contribution in [-0.4, -0.2) is 24.4 Å². The van der Waals surface area contributed by atoms with Crippen LogP contribution in [0.25, 0.3) is 0 Å².